The Morgan fingerprint density at radius 1 is 1.10 bits per heavy atom. The third-order valence-corrected chi connectivity index (χ3v) is 4.29. The number of hydrogen-bond donors (Lipinski definition) is 3. The molecule has 0 radical (unpaired) electrons. The summed E-state index contributed by atoms with van der Waals surface area (Å²) in [5, 5.41) is 2.62. The van der Waals surface area contributed by atoms with Crippen molar-refractivity contribution in [3.05, 3.63) is 54.1 Å². The number of nitrogen functional groups attached to an aromatic ring is 1. The highest BCUT2D eigenvalue weighted by molar-refractivity contribution is 7.89. The fourth-order valence-corrected chi connectivity index (χ4v) is 2.54. The van der Waals surface area contributed by atoms with Gasteiger partial charge in [0.25, 0.3) is 5.91 Å². The Morgan fingerprint density at radius 2 is 1.81 bits per heavy atom. The topological polar surface area (TPSA) is 101 Å². The van der Waals surface area contributed by atoms with Gasteiger partial charge in [-0.2, -0.15) is 0 Å². The van der Waals surface area contributed by atoms with Crippen LogP contribution in [0.1, 0.15) is 10.4 Å². The fourth-order valence-electron chi connectivity index (χ4n) is 1.76. The maximum Gasteiger partial charge on any atom is 0.257 e. The molecule has 110 valence electrons. The highest BCUT2D eigenvalue weighted by Gasteiger charge is 2.13. The number of rotatable bonds is 4. The van der Waals surface area contributed by atoms with E-state index in [2.05, 4.69) is 10.0 Å². The number of amides is 1. The predicted molar refractivity (Wildman–Crippen MR) is 81.5 cm³/mol. The molecule has 0 aromatic heterocycles. The Hall–Kier alpha value is -2.38. The predicted octanol–water partition coefficient (Wildman–Crippen LogP) is 1.43. The first-order valence-corrected chi connectivity index (χ1v) is 7.62. The number of nitrogens with one attached hydrogen (secondary N) is 2. The van der Waals surface area contributed by atoms with E-state index in [0.717, 1.165) is 0 Å². The largest absolute Gasteiger partial charge is 0.398 e. The maximum atomic E-state index is 12.1. The van der Waals surface area contributed by atoms with Gasteiger partial charge in [-0.1, -0.05) is 18.2 Å². The van der Waals surface area contributed by atoms with Gasteiger partial charge in [0.05, 0.1) is 10.5 Å². The SMILES string of the molecule is CNS(=O)(=O)c1cccc(NC(=O)c2ccccc2N)c1. The molecular formula is C14H15N3O3S. The van der Waals surface area contributed by atoms with Crippen molar-refractivity contribution in [2.24, 2.45) is 0 Å². The molecule has 0 aliphatic rings. The van der Waals surface area contributed by atoms with Gasteiger partial charge in [-0.3, -0.25) is 4.79 Å². The molecule has 7 heteroatoms. The van der Waals surface area contributed by atoms with Crippen LogP contribution in [-0.2, 0) is 10.0 Å². The van der Waals surface area contributed by atoms with Crippen LogP contribution in [0.25, 0.3) is 0 Å². The van der Waals surface area contributed by atoms with Gasteiger partial charge in [-0.15, -0.1) is 0 Å². The van der Waals surface area contributed by atoms with Crippen molar-refractivity contribution in [2.75, 3.05) is 18.1 Å². The normalized spacial score (nSPS) is 11.1. The van der Waals surface area contributed by atoms with Gasteiger partial charge in [0.2, 0.25) is 10.0 Å². The number of carbonyl (C=O) groups excluding carboxylic acids is 1. The lowest BCUT2D eigenvalue weighted by Crippen LogP contribution is -2.19. The third-order valence-electron chi connectivity index (χ3n) is 2.88. The second-order valence-corrected chi connectivity index (χ2v) is 6.16. The van der Waals surface area contributed by atoms with Crippen LogP contribution < -0.4 is 15.8 Å². The van der Waals surface area contributed by atoms with Crippen LogP contribution in [0.2, 0.25) is 0 Å². The first kappa shape index (κ1) is 15.0. The minimum absolute atomic E-state index is 0.0730. The molecule has 1 amide bonds. The van der Waals surface area contributed by atoms with Crippen molar-refractivity contribution >= 4 is 27.3 Å². The first-order chi connectivity index (χ1) is 9.94. The molecule has 0 saturated heterocycles. The quantitative estimate of drug-likeness (QED) is 0.744. The van der Waals surface area contributed by atoms with Crippen molar-refractivity contribution in [1.82, 2.24) is 4.72 Å². The number of nitrogens with two attached hydrogens (primary N) is 1. The van der Waals surface area contributed by atoms with E-state index in [1.807, 2.05) is 0 Å². The van der Waals surface area contributed by atoms with E-state index in [4.69, 9.17) is 5.73 Å². The highest BCUT2D eigenvalue weighted by Crippen LogP contribution is 2.17. The van der Waals surface area contributed by atoms with Crippen LogP contribution in [0, 0.1) is 0 Å². The van der Waals surface area contributed by atoms with Crippen molar-refractivity contribution in [3.8, 4) is 0 Å². The average Bonchev–Trinajstić information content (AvgIpc) is 2.48. The maximum absolute atomic E-state index is 12.1. The summed E-state index contributed by atoms with van der Waals surface area (Å²) < 4.78 is 25.7. The summed E-state index contributed by atoms with van der Waals surface area (Å²) >= 11 is 0. The van der Waals surface area contributed by atoms with Crippen molar-refractivity contribution in [1.29, 1.82) is 0 Å². The molecule has 6 nitrogen and oxygen atoms in total. The van der Waals surface area contributed by atoms with Crippen LogP contribution in [0.15, 0.2) is 53.4 Å². The van der Waals surface area contributed by atoms with Gasteiger partial charge in [-0.05, 0) is 37.4 Å². The summed E-state index contributed by atoms with van der Waals surface area (Å²) in [6.07, 6.45) is 0. The molecule has 2 aromatic rings. The summed E-state index contributed by atoms with van der Waals surface area (Å²) in [5.74, 6) is -0.396. The number of carbonyl (C=O) groups is 1. The number of hydrogen-bond acceptors (Lipinski definition) is 4. The lowest BCUT2D eigenvalue weighted by atomic mass is 10.1. The van der Waals surface area contributed by atoms with Crippen LogP contribution in [-0.4, -0.2) is 21.4 Å². The molecule has 0 bridgehead atoms. The van der Waals surface area contributed by atoms with E-state index in [1.165, 1.54) is 19.2 Å². The average molecular weight is 305 g/mol. The molecule has 0 aliphatic heterocycles. The molecule has 21 heavy (non-hydrogen) atoms. The molecular weight excluding hydrogens is 290 g/mol. The third kappa shape index (κ3) is 3.39. The molecule has 0 heterocycles. The van der Waals surface area contributed by atoms with Gasteiger partial charge >= 0.3 is 0 Å². The van der Waals surface area contributed by atoms with Gasteiger partial charge in [0, 0.05) is 11.4 Å². The lowest BCUT2D eigenvalue weighted by molar-refractivity contribution is 0.102. The molecule has 2 rings (SSSR count). The van der Waals surface area contributed by atoms with Crippen molar-refractivity contribution < 1.29 is 13.2 Å². The Kier molecular flexibility index (Phi) is 4.25. The summed E-state index contributed by atoms with van der Waals surface area (Å²) in [5.41, 5.74) is 6.79. The fraction of sp³-hybridized carbons (Fsp3) is 0.0714. The van der Waals surface area contributed by atoms with Crippen LogP contribution >= 0.6 is 0 Å². The minimum Gasteiger partial charge on any atom is -0.398 e. The number of para-hydroxylation sites is 1. The molecule has 0 aliphatic carbocycles. The summed E-state index contributed by atoms with van der Waals surface area (Å²) in [7, 11) is -2.23. The van der Waals surface area contributed by atoms with Crippen molar-refractivity contribution in [3.63, 3.8) is 0 Å². The Bertz CT molecular complexity index is 773. The van der Waals surface area contributed by atoms with Gasteiger partial charge in [0.1, 0.15) is 0 Å². The molecule has 0 fully saturated rings. The van der Waals surface area contributed by atoms with Crippen LogP contribution in [0.4, 0.5) is 11.4 Å². The zero-order valence-electron chi connectivity index (χ0n) is 11.3. The lowest BCUT2D eigenvalue weighted by Gasteiger charge is -2.09. The van der Waals surface area contributed by atoms with Gasteiger partial charge < -0.3 is 11.1 Å². The van der Waals surface area contributed by atoms with Gasteiger partial charge in [0.15, 0.2) is 0 Å². The molecule has 0 saturated carbocycles. The summed E-state index contributed by atoms with van der Waals surface area (Å²) in [4.78, 5) is 12.2. The van der Waals surface area contributed by atoms with E-state index in [1.54, 1.807) is 36.4 Å². The summed E-state index contributed by atoms with van der Waals surface area (Å²) in [6, 6.07) is 12.6. The zero-order chi connectivity index (χ0) is 15.5. The molecule has 0 spiro atoms. The monoisotopic (exact) mass is 305 g/mol. The van der Waals surface area contributed by atoms with Crippen LogP contribution in [0.5, 0.6) is 0 Å². The second kappa shape index (κ2) is 5.94. The molecule has 4 N–H and O–H groups in total. The minimum atomic E-state index is -3.56. The molecule has 0 unspecified atom stereocenters. The Morgan fingerprint density at radius 3 is 2.48 bits per heavy atom. The number of benzene rings is 2. The van der Waals surface area contributed by atoms with Gasteiger partial charge in [-0.25, -0.2) is 13.1 Å². The second-order valence-electron chi connectivity index (χ2n) is 4.28. The zero-order valence-corrected chi connectivity index (χ0v) is 12.1. The smallest absolute Gasteiger partial charge is 0.257 e. The summed E-state index contributed by atoms with van der Waals surface area (Å²) in [6.45, 7) is 0. The molecule has 0 atom stereocenters. The van der Waals surface area contributed by atoms with Crippen LogP contribution in [0.3, 0.4) is 0 Å². The first-order valence-electron chi connectivity index (χ1n) is 6.13. The Labute approximate surface area is 123 Å². The van der Waals surface area contributed by atoms with E-state index < -0.39 is 15.9 Å². The van der Waals surface area contributed by atoms with E-state index in [9.17, 15) is 13.2 Å². The van der Waals surface area contributed by atoms with E-state index >= 15 is 0 Å². The standard InChI is InChI=1S/C14H15N3O3S/c1-16-21(19,20)11-6-4-5-10(9-11)17-14(18)12-7-2-3-8-13(12)15/h2-9,16H,15H2,1H3,(H,17,18). The Balaban J connectivity index is 2.27. The van der Waals surface area contributed by atoms with E-state index in [0.29, 0.717) is 16.9 Å². The molecule has 2 aromatic carbocycles. The highest BCUT2D eigenvalue weighted by atomic mass is 32.2. The number of sulfonamides is 1. The van der Waals surface area contributed by atoms with E-state index in [-0.39, 0.29) is 4.90 Å². The van der Waals surface area contributed by atoms with Crippen molar-refractivity contribution in [2.45, 2.75) is 4.90 Å². The number of anilines is 2.